The van der Waals surface area contributed by atoms with Crippen molar-refractivity contribution in [3.8, 4) is 0 Å². The fourth-order valence-corrected chi connectivity index (χ4v) is 2.00. The van der Waals surface area contributed by atoms with Crippen molar-refractivity contribution in [3.63, 3.8) is 0 Å². The van der Waals surface area contributed by atoms with Gasteiger partial charge in [0, 0.05) is 37.7 Å². The largest absolute Gasteiger partial charge is 0.481 e. The summed E-state index contributed by atoms with van der Waals surface area (Å²) in [7, 11) is 0. The predicted molar refractivity (Wildman–Crippen MR) is 83.4 cm³/mol. The summed E-state index contributed by atoms with van der Waals surface area (Å²) in [5.41, 5.74) is 0.817. The van der Waals surface area contributed by atoms with E-state index in [1.165, 1.54) is 0 Å². The van der Waals surface area contributed by atoms with Crippen molar-refractivity contribution in [1.29, 1.82) is 0 Å². The summed E-state index contributed by atoms with van der Waals surface area (Å²) in [6.45, 7) is 5.12. The van der Waals surface area contributed by atoms with Crippen LogP contribution >= 0.6 is 0 Å². The number of benzene rings is 1. The van der Waals surface area contributed by atoms with Crippen LogP contribution < -0.4 is 10.2 Å². The first-order chi connectivity index (χ1) is 10.0. The second-order valence-electron chi connectivity index (χ2n) is 5.24. The highest BCUT2D eigenvalue weighted by atomic mass is 16.4. The topological polar surface area (TPSA) is 69.6 Å². The number of amides is 1. The van der Waals surface area contributed by atoms with Crippen LogP contribution in [0, 0.1) is 0 Å². The van der Waals surface area contributed by atoms with Crippen LogP contribution in [0.3, 0.4) is 0 Å². The van der Waals surface area contributed by atoms with Crippen molar-refractivity contribution < 1.29 is 14.7 Å². The molecule has 0 spiro atoms. The van der Waals surface area contributed by atoms with E-state index in [1.807, 2.05) is 44.2 Å². The van der Waals surface area contributed by atoms with Gasteiger partial charge in [-0.25, -0.2) is 0 Å². The molecule has 0 unspecified atom stereocenters. The number of anilines is 1. The number of carbonyl (C=O) groups is 2. The number of carboxylic acid groups (broad SMARTS) is 1. The molecule has 0 aliphatic rings. The molecule has 2 N–H and O–H groups in total. The van der Waals surface area contributed by atoms with Crippen molar-refractivity contribution in [2.24, 2.45) is 0 Å². The van der Waals surface area contributed by atoms with Gasteiger partial charge in [-0.05, 0) is 18.6 Å². The first kappa shape index (κ1) is 17.2. The minimum absolute atomic E-state index is 0.0136. The van der Waals surface area contributed by atoms with Gasteiger partial charge in [-0.1, -0.05) is 32.0 Å². The van der Waals surface area contributed by atoms with Crippen LogP contribution in [0.1, 0.15) is 33.1 Å². The number of nitrogens with one attached hydrogen (secondary N) is 1. The Hall–Kier alpha value is -1.88. The molecule has 0 bridgehead atoms. The van der Waals surface area contributed by atoms with Gasteiger partial charge in [-0.2, -0.15) is 0 Å². The van der Waals surface area contributed by atoms with Crippen molar-refractivity contribution in [3.05, 3.63) is 30.3 Å². The molecule has 0 aromatic heterocycles. The average Bonchev–Trinajstić information content (AvgIpc) is 2.43. The SMILES string of the molecule is CC(C)NCCC(=O)N(CCCC(=O)O)c1ccccc1. The number of rotatable bonds is 9. The van der Waals surface area contributed by atoms with Crippen LogP contribution in [0.25, 0.3) is 0 Å². The molecule has 0 radical (unpaired) electrons. The van der Waals surface area contributed by atoms with Crippen molar-refractivity contribution in [2.45, 2.75) is 39.2 Å². The summed E-state index contributed by atoms with van der Waals surface area (Å²) >= 11 is 0. The number of nitrogens with zero attached hydrogens (tertiary/aromatic N) is 1. The van der Waals surface area contributed by atoms with E-state index in [-0.39, 0.29) is 12.3 Å². The molecular formula is C16H24N2O3. The van der Waals surface area contributed by atoms with Gasteiger partial charge in [0.25, 0.3) is 0 Å². The zero-order valence-corrected chi connectivity index (χ0v) is 12.7. The number of carboxylic acids is 1. The van der Waals surface area contributed by atoms with Crippen LogP contribution in [-0.4, -0.2) is 36.1 Å². The standard InChI is InChI=1S/C16H24N2O3/c1-13(2)17-11-10-15(19)18(12-6-9-16(20)21)14-7-4-3-5-8-14/h3-5,7-8,13,17H,6,9-12H2,1-2H3,(H,20,21). The average molecular weight is 292 g/mol. The third-order valence-electron chi connectivity index (χ3n) is 3.03. The summed E-state index contributed by atoms with van der Waals surface area (Å²) in [5.74, 6) is -0.823. The number of hydrogen-bond donors (Lipinski definition) is 2. The Bertz CT molecular complexity index is 446. The highest BCUT2D eigenvalue weighted by molar-refractivity contribution is 5.93. The lowest BCUT2D eigenvalue weighted by Gasteiger charge is -2.23. The van der Waals surface area contributed by atoms with E-state index >= 15 is 0 Å². The highest BCUT2D eigenvalue weighted by Crippen LogP contribution is 2.15. The highest BCUT2D eigenvalue weighted by Gasteiger charge is 2.15. The van der Waals surface area contributed by atoms with Gasteiger partial charge in [0.1, 0.15) is 0 Å². The number of carbonyl (C=O) groups excluding carboxylic acids is 1. The summed E-state index contributed by atoms with van der Waals surface area (Å²) in [5, 5.41) is 11.9. The molecule has 5 nitrogen and oxygen atoms in total. The Kier molecular flexibility index (Phi) is 7.46. The Balaban J connectivity index is 2.63. The zero-order valence-electron chi connectivity index (χ0n) is 12.7. The molecule has 21 heavy (non-hydrogen) atoms. The smallest absolute Gasteiger partial charge is 0.303 e. The molecule has 1 amide bonds. The molecule has 1 rings (SSSR count). The molecule has 0 saturated carbocycles. The van der Waals surface area contributed by atoms with E-state index in [2.05, 4.69) is 5.32 Å². The first-order valence-electron chi connectivity index (χ1n) is 7.31. The monoisotopic (exact) mass is 292 g/mol. The minimum Gasteiger partial charge on any atom is -0.481 e. The number of aliphatic carboxylic acids is 1. The van der Waals surface area contributed by atoms with Gasteiger partial charge in [-0.15, -0.1) is 0 Å². The second-order valence-corrected chi connectivity index (χ2v) is 5.24. The van der Waals surface area contributed by atoms with Gasteiger partial charge in [0.15, 0.2) is 0 Å². The third kappa shape index (κ3) is 6.90. The Labute approximate surface area is 126 Å². The van der Waals surface area contributed by atoms with E-state index in [1.54, 1.807) is 4.90 Å². The van der Waals surface area contributed by atoms with Crippen molar-refractivity contribution in [1.82, 2.24) is 5.32 Å². The van der Waals surface area contributed by atoms with Crippen LogP contribution in [0.15, 0.2) is 30.3 Å². The molecule has 116 valence electrons. The maximum Gasteiger partial charge on any atom is 0.303 e. The lowest BCUT2D eigenvalue weighted by molar-refractivity contribution is -0.137. The van der Waals surface area contributed by atoms with Gasteiger partial charge in [0.05, 0.1) is 0 Å². The van der Waals surface area contributed by atoms with Crippen molar-refractivity contribution in [2.75, 3.05) is 18.0 Å². The van der Waals surface area contributed by atoms with Crippen LogP contribution in [0.2, 0.25) is 0 Å². The van der Waals surface area contributed by atoms with Crippen LogP contribution in [0.5, 0.6) is 0 Å². The molecule has 1 aromatic carbocycles. The van der Waals surface area contributed by atoms with Crippen molar-refractivity contribution >= 4 is 17.6 Å². The van der Waals surface area contributed by atoms with E-state index in [4.69, 9.17) is 5.11 Å². The number of para-hydroxylation sites is 1. The lowest BCUT2D eigenvalue weighted by Crippen LogP contribution is -2.35. The van der Waals surface area contributed by atoms with Crippen LogP contribution in [0.4, 0.5) is 5.69 Å². The molecule has 0 fully saturated rings. The second kappa shape index (κ2) is 9.13. The molecule has 0 aliphatic heterocycles. The lowest BCUT2D eigenvalue weighted by atomic mass is 10.2. The van der Waals surface area contributed by atoms with E-state index in [0.717, 1.165) is 5.69 Å². The molecule has 1 aromatic rings. The zero-order chi connectivity index (χ0) is 15.7. The van der Waals surface area contributed by atoms with E-state index in [9.17, 15) is 9.59 Å². The molecule has 0 saturated heterocycles. The maximum atomic E-state index is 12.3. The predicted octanol–water partition coefficient (Wildman–Crippen LogP) is 2.27. The molecule has 0 atom stereocenters. The van der Waals surface area contributed by atoms with Crippen LogP contribution in [-0.2, 0) is 9.59 Å². The Morgan fingerprint density at radius 1 is 1.19 bits per heavy atom. The molecule has 0 heterocycles. The number of hydrogen-bond acceptors (Lipinski definition) is 3. The van der Waals surface area contributed by atoms with Gasteiger partial charge in [-0.3, -0.25) is 9.59 Å². The van der Waals surface area contributed by atoms with Gasteiger partial charge in [0.2, 0.25) is 5.91 Å². The Morgan fingerprint density at radius 3 is 2.43 bits per heavy atom. The Morgan fingerprint density at radius 2 is 1.86 bits per heavy atom. The maximum absolute atomic E-state index is 12.3. The summed E-state index contributed by atoms with van der Waals surface area (Å²) in [6.07, 6.45) is 0.925. The molecule has 0 aliphatic carbocycles. The summed E-state index contributed by atoms with van der Waals surface area (Å²) in [4.78, 5) is 24.6. The fraction of sp³-hybridized carbons (Fsp3) is 0.500. The third-order valence-corrected chi connectivity index (χ3v) is 3.03. The first-order valence-corrected chi connectivity index (χ1v) is 7.31. The molecule has 5 heteroatoms. The van der Waals surface area contributed by atoms with E-state index < -0.39 is 5.97 Å². The summed E-state index contributed by atoms with van der Waals surface area (Å²) in [6, 6.07) is 9.72. The minimum atomic E-state index is -0.836. The fourth-order valence-electron chi connectivity index (χ4n) is 2.00. The van der Waals surface area contributed by atoms with Gasteiger partial charge >= 0.3 is 5.97 Å². The van der Waals surface area contributed by atoms with Gasteiger partial charge < -0.3 is 15.3 Å². The van der Waals surface area contributed by atoms with E-state index in [0.29, 0.717) is 32.0 Å². The summed E-state index contributed by atoms with van der Waals surface area (Å²) < 4.78 is 0. The normalized spacial score (nSPS) is 10.6. The quantitative estimate of drug-likeness (QED) is 0.732. The molecular weight excluding hydrogens is 268 g/mol.